The van der Waals surface area contributed by atoms with Crippen LogP contribution in [-0.2, 0) is 21.4 Å². The van der Waals surface area contributed by atoms with E-state index in [2.05, 4.69) is 10.3 Å². The topological polar surface area (TPSA) is 79.4 Å². The Morgan fingerprint density at radius 1 is 1.33 bits per heavy atom. The molecule has 0 aliphatic carbocycles. The van der Waals surface area contributed by atoms with Crippen molar-refractivity contribution in [2.45, 2.75) is 27.3 Å². The Hall–Kier alpha value is -1.47. The molecule has 7 heteroatoms. The summed E-state index contributed by atoms with van der Waals surface area (Å²) in [5.41, 5.74) is 0.182. The minimum atomic E-state index is -3.35. The molecular formula is C14H23N3O3S. The minimum Gasteiger partial charge on any atom is -0.354 e. The van der Waals surface area contributed by atoms with E-state index in [0.717, 1.165) is 6.26 Å². The zero-order valence-electron chi connectivity index (χ0n) is 13.0. The van der Waals surface area contributed by atoms with Gasteiger partial charge in [0.05, 0.1) is 18.5 Å². The minimum absolute atomic E-state index is 0.103. The van der Waals surface area contributed by atoms with Crippen molar-refractivity contribution < 1.29 is 13.2 Å². The van der Waals surface area contributed by atoms with Crippen LogP contribution in [0.15, 0.2) is 24.4 Å². The molecule has 0 saturated heterocycles. The third kappa shape index (κ3) is 6.22. The van der Waals surface area contributed by atoms with Crippen LogP contribution in [0.5, 0.6) is 0 Å². The van der Waals surface area contributed by atoms with Crippen molar-refractivity contribution in [2.24, 2.45) is 5.41 Å². The normalized spacial score (nSPS) is 12.4. The summed E-state index contributed by atoms with van der Waals surface area (Å²) in [5.74, 6) is -0.103. The Morgan fingerprint density at radius 2 is 2.00 bits per heavy atom. The quantitative estimate of drug-likeness (QED) is 0.850. The van der Waals surface area contributed by atoms with Crippen molar-refractivity contribution in [3.8, 4) is 0 Å². The fourth-order valence-electron chi connectivity index (χ4n) is 1.59. The van der Waals surface area contributed by atoms with Crippen LogP contribution in [-0.4, -0.2) is 43.0 Å². The van der Waals surface area contributed by atoms with Crippen molar-refractivity contribution >= 4 is 15.9 Å². The highest BCUT2D eigenvalue weighted by Crippen LogP contribution is 2.12. The van der Waals surface area contributed by atoms with E-state index in [0.29, 0.717) is 5.69 Å². The number of pyridine rings is 1. The van der Waals surface area contributed by atoms with E-state index in [1.165, 1.54) is 4.31 Å². The van der Waals surface area contributed by atoms with Gasteiger partial charge in [0.1, 0.15) is 0 Å². The van der Waals surface area contributed by atoms with Gasteiger partial charge in [0, 0.05) is 24.7 Å². The zero-order valence-corrected chi connectivity index (χ0v) is 13.8. The molecule has 0 unspecified atom stereocenters. The highest BCUT2D eigenvalue weighted by molar-refractivity contribution is 7.88. The van der Waals surface area contributed by atoms with Crippen molar-refractivity contribution in [1.29, 1.82) is 0 Å². The lowest BCUT2D eigenvalue weighted by Gasteiger charge is -2.22. The van der Waals surface area contributed by atoms with Crippen molar-refractivity contribution in [2.75, 3.05) is 19.3 Å². The first-order valence-electron chi connectivity index (χ1n) is 6.74. The second-order valence-corrected chi connectivity index (χ2v) is 7.91. The molecule has 0 saturated carbocycles. The SMILES string of the molecule is CC(C)(C)C(=O)NCCN(Cc1ccccn1)S(C)(=O)=O. The van der Waals surface area contributed by atoms with Gasteiger partial charge in [-0.05, 0) is 12.1 Å². The Morgan fingerprint density at radius 3 is 2.48 bits per heavy atom. The number of nitrogens with one attached hydrogen (secondary N) is 1. The molecule has 1 rings (SSSR count). The summed E-state index contributed by atoms with van der Waals surface area (Å²) in [7, 11) is -3.35. The lowest BCUT2D eigenvalue weighted by molar-refractivity contribution is -0.128. The molecule has 21 heavy (non-hydrogen) atoms. The molecule has 1 amide bonds. The molecule has 1 N–H and O–H groups in total. The van der Waals surface area contributed by atoms with Gasteiger partial charge in [0.25, 0.3) is 0 Å². The predicted octanol–water partition coefficient (Wildman–Crippen LogP) is 1.01. The Labute approximate surface area is 126 Å². The van der Waals surface area contributed by atoms with Gasteiger partial charge in [-0.1, -0.05) is 26.8 Å². The maximum absolute atomic E-state index is 11.8. The monoisotopic (exact) mass is 313 g/mol. The van der Waals surface area contributed by atoms with E-state index < -0.39 is 15.4 Å². The standard InChI is InChI=1S/C14H23N3O3S/c1-14(2,3)13(18)16-9-10-17(21(4,19)20)11-12-7-5-6-8-15-12/h5-8H,9-11H2,1-4H3,(H,16,18). The number of aromatic nitrogens is 1. The van der Waals surface area contributed by atoms with Crippen LogP contribution in [0.2, 0.25) is 0 Å². The van der Waals surface area contributed by atoms with Crippen LogP contribution in [0.25, 0.3) is 0 Å². The van der Waals surface area contributed by atoms with Crippen LogP contribution in [0, 0.1) is 5.41 Å². The smallest absolute Gasteiger partial charge is 0.225 e. The predicted molar refractivity (Wildman–Crippen MR) is 82.0 cm³/mol. The van der Waals surface area contributed by atoms with Crippen molar-refractivity contribution in [1.82, 2.24) is 14.6 Å². The summed E-state index contributed by atoms with van der Waals surface area (Å²) in [6, 6.07) is 5.36. The van der Waals surface area contributed by atoms with E-state index in [4.69, 9.17) is 0 Å². The molecule has 1 heterocycles. The third-order valence-electron chi connectivity index (χ3n) is 2.86. The molecule has 0 aromatic carbocycles. The maximum Gasteiger partial charge on any atom is 0.225 e. The van der Waals surface area contributed by atoms with Crippen molar-refractivity contribution in [3.05, 3.63) is 30.1 Å². The molecule has 0 aliphatic heterocycles. The molecule has 0 fully saturated rings. The molecule has 0 radical (unpaired) electrons. The van der Waals surface area contributed by atoms with Gasteiger partial charge in [0.2, 0.25) is 15.9 Å². The highest BCUT2D eigenvalue weighted by Gasteiger charge is 2.22. The van der Waals surface area contributed by atoms with Gasteiger partial charge in [-0.2, -0.15) is 4.31 Å². The second-order valence-electron chi connectivity index (χ2n) is 5.92. The molecule has 0 bridgehead atoms. The summed E-state index contributed by atoms with van der Waals surface area (Å²) in [5, 5.41) is 2.75. The average Bonchev–Trinajstić information content (AvgIpc) is 2.36. The molecule has 0 aliphatic rings. The lowest BCUT2D eigenvalue weighted by Crippen LogP contribution is -2.41. The fourth-order valence-corrected chi connectivity index (χ4v) is 2.38. The first kappa shape index (κ1) is 17.6. The highest BCUT2D eigenvalue weighted by atomic mass is 32.2. The van der Waals surface area contributed by atoms with Crippen LogP contribution in [0.4, 0.5) is 0 Å². The van der Waals surface area contributed by atoms with E-state index in [-0.39, 0.29) is 25.5 Å². The maximum atomic E-state index is 11.8. The Balaban J connectivity index is 2.63. The molecular weight excluding hydrogens is 290 g/mol. The average molecular weight is 313 g/mol. The number of carbonyl (C=O) groups is 1. The number of nitrogens with zero attached hydrogens (tertiary/aromatic N) is 2. The summed E-state index contributed by atoms with van der Waals surface area (Å²) in [6.45, 7) is 6.12. The van der Waals surface area contributed by atoms with Gasteiger partial charge in [0.15, 0.2) is 0 Å². The third-order valence-corrected chi connectivity index (χ3v) is 4.11. The van der Waals surface area contributed by atoms with E-state index in [1.54, 1.807) is 18.3 Å². The summed E-state index contributed by atoms with van der Waals surface area (Å²) in [4.78, 5) is 15.9. The molecule has 118 valence electrons. The molecule has 6 nitrogen and oxygen atoms in total. The van der Waals surface area contributed by atoms with Crippen molar-refractivity contribution in [3.63, 3.8) is 0 Å². The summed E-state index contributed by atoms with van der Waals surface area (Å²) >= 11 is 0. The number of hydrogen-bond acceptors (Lipinski definition) is 4. The van der Waals surface area contributed by atoms with E-state index in [9.17, 15) is 13.2 Å². The molecule has 0 spiro atoms. The van der Waals surface area contributed by atoms with Crippen LogP contribution < -0.4 is 5.32 Å². The van der Waals surface area contributed by atoms with Gasteiger partial charge in [-0.25, -0.2) is 8.42 Å². The fraction of sp³-hybridized carbons (Fsp3) is 0.571. The summed E-state index contributed by atoms with van der Waals surface area (Å²) < 4.78 is 24.9. The Kier molecular flexibility index (Phi) is 5.86. The second kappa shape index (κ2) is 7.00. The van der Waals surface area contributed by atoms with Gasteiger partial charge in [-0.3, -0.25) is 9.78 Å². The zero-order chi connectivity index (χ0) is 16.1. The number of sulfonamides is 1. The lowest BCUT2D eigenvalue weighted by atomic mass is 9.96. The first-order valence-corrected chi connectivity index (χ1v) is 8.59. The van der Waals surface area contributed by atoms with E-state index >= 15 is 0 Å². The van der Waals surface area contributed by atoms with Crippen LogP contribution >= 0.6 is 0 Å². The van der Waals surface area contributed by atoms with Crippen LogP contribution in [0.1, 0.15) is 26.5 Å². The Bertz CT molecular complexity index is 565. The number of carbonyl (C=O) groups excluding carboxylic acids is 1. The first-order chi connectivity index (χ1) is 9.60. The largest absolute Gasteiger partial charge is 0.354 e. The molecule has 1 aromatic rings. The number of rotatable bonds is 6. The van der Waals surface area contributed by atoms with Gasteiger partial charge < -0.3 is 5.32 Å². The summed E-state index contributed by atoms with van der Waals surface area (Å²) in [6.07, 6.45) is 2.78. The van der Waals surface area contributed by atoms with Gasteiger partial charge >= 0.3 is 0 Å². The molecule has 0 atom stereocenters. The number of amides is 1. The molecule has 1 aromatic heterocycles. The number of hydrogen-bond donors (Lipinski definition) is 1. The van der Waals surface area contributed by atoms with E-state index in [1.807, 2.05) is 26.8 Å². The van der Waals surface area contributed by atoms with Crippen LogP contribution in [0.3, 0.4) is 0 Å². The van der Waals surface area contributed by atoms with Gasteiger partial charge in [-0.15, -0.1) is 0 Å².